The van der Waals surface area contributed by atoms with E-state index < -0.39 is 159 Å². The average molecular weight is 1170 g/mol. The number of rotatable bonds is 20. The summed E-state index contributed by atoms with van der Waals surface area (Å²) in [5.74, 6) is -0.290. The van der Waals surface area contributed by atoms with Crippen LogP contribution >= 0.6 is 23.5 Å². The molecule has 4 fully saturated rings. The zero-order valence-corrected chi connectivity index (χ0v) is 43.5. The predicted molar refractivity (Wildman–Crippen MR) is 260 cm³/mol. The molecular formula is C39H50N15O22P3. The van der Waals surface area contributed by atoms with E-state index in [-0.39, 0.29) is 58.3 Å². The summed E-state index contributed by atoms with van der Waals surface area (Å²) in [5, 5.41) is 21.0. The second kappa shape index (κ2) is 22.1. The second-order valence-electron chi connectivity index (χ2n) is 18.3. The molecule has 428 valence electrons. The first-order valence-corrected chi connectivity index (χ1v) is 28.1. The lowest BCUT2D eigenvalue weighted by Gasteiger charge is -2.25. The minimum absolute atomic E-state index is 0.0320. The summed E-state index contributed by atoms with van der Waals surface area (Å²) in [6, 6.07) is 1.25. The van der Waals surface area contributed by atoms with E-state index in [2.05, 4.69) is 39.9 Å². The van der Waals surface area contributed by atoms with Crippen molar-refractivity contribution < 1.29 is 84.7 Å². The largest absolute Gasteiger partial charge is 0.472 e. The predicted octanol–water partition coefficient (Wildman–Crippen LogP) is -2.17. The first-order valence-electron chi connectivity index (χ1n) is 23.6. The number of ether oxygens (including phenoxy) is 4. The Labute approximate surface area is 439 Å². The monoisotopic (exact) mass is 1170 g/mol. The van der Waals surface area contributed by atoms with Crippen LogP contribution in [0, 0.1) is 6.92 Å². The molecule has 37 nitrogen and oxygen atoms in total. The smallest absolute Gasteiger partial charge is 0.394 e. The topological polar surface area (TPSA) is 520 Å². The molecule has 0 radical (unpaired) electrons. The summed E-state index contributed by atoms with van der Waals surface area (Å²) >= 11 is 0. The lowest BCUT2D eigenvalue weighted by atomic mass is 10.2. The van der Waals surface area contributed by atoms with Crippen LogP contribution < -0.4 is 39.7 Å². The molecule has 0 aromatic carbocycles. The fourth-order valence-corrected chi connectivity index (χ4v) is 12.1. The maximum atomic E-state index is 13.9. The van der Waals surface area contributed by atoms with Crippen LogP contribution in [0.4, 0.5) is 17.6 Å². The Bertz CT molecular complexity index is 3650. The maximum Gasteiger partial charge on any atom is 0.472 e. The number of aliphatic hydroxyl groups excluding tert-OH is 2. The summed E-state index contributed by atoms with van der Waals surface area (Å²) in [4.78, 5) is 112. The molecule has 0 amide bonds. The normalized spacial score (nSPS) is 29.5. The van der Waals surface area contributed by atoms with E-state index in [1.807, 2.05) is 0 Å². The van der Waals surface area contributed by atoms with Gasteiger partial charge < -0.3 is 61.0 Å². The minimum Gasteiger partial charge on any atom is -0.394 e. The highest BCUT2D eigenvalue weighted by molar-refractivity contribution is 7.48. The number of aliphatic hydroxyl groups is 2. The first-order chi connectivity index (χ1) is 37.4. The van der Waals surface area contributed by atoms with Gasteiger partial charge in [0.1, 0.15) is 85.3 Å². The van der Waals surface area contributed by atoms with Crippen molar-refractivity contribution in [2.45, 2.75) is 106 Å². The van der Waals surface area contributed by atoms with Gasteiger partial charge in [-0.3, -0.25) is 65.0 Å². The van der Waals surface area contributed by atoms with E-state index in [4.69, 9.17) is 63.3 Å². The number of hydrogen-bond acceptors (Lipinski definition) is 28. The van der Waals surface area contributed by atoms with Gasteiger partial charge in [-0.2, -0.15) is 9.97 Å². The number of H-pyrrole nitrogens is 2. The highest BCUT2D eigenvalue weighted by atomic mass is 31.2. The zero-order valence-electron chi connectivity index (χ0n) is 40.8. The molecule has 6 aromatic rings. The lowest BCUT2D eigenvalue weighted by molar-refractivity contribution is -0.0635. The number of nitrogens with one attached hydrogen (secondary N) is 2. The van der Waals surface area contributed by atoms with Gasteiger partial charge in [0, 0.05) is 43.6 Å². The number of anilines is 3. The van der Waals surface area contributed by atoms with Crippen molar-refractivity contribution in [3.8, 4) is 0 Å². The van der Waals surface area contributed by atoms with Crippen molar-refractivity contribution in [3.05, 3.63) is 84.7 Å². The van der Waals surface area contributed by atoms with Crippen molar-refractivity contribution >= 4 is 63.4 Å². The third-order valence-electron chi connectivity index (χ3n) is 13.0. The molecule has 10 heterocycles. The lowest BCUT2D eigenvalue weighted by Crippen LogP contribution is -2.33. The summed E-state index contributed by atoms with van der Waals surface area (Å²) in [6.45, 7) is -1.94. The molecule has 4 aliphatic heterocycles. The van der Waals surface area contributed by atoms with E-state index in [9.17, 15) is 57.8 Å². The number of phosphoric acid groups is 3. The van der Waals surface area contributed by atoms with Crippen LogP contribution in [-0.2, 0) is 59.8 Å². The number of phosphoric ester groups is 3. The van der Waals surface area contributed by atoms with Gasteiger partial charge in [0.15, 0.2) is 22.6 Å². The standard InChI is InChI=1S/C39H50N15O22P3/c1-16-8-52(39(60)50-35(16)57)28-7-20(76-77(61,62)67-10-22-17(56)4-26(71-22)54-15-46-31-34(54)48-37(42)49-36(31)58)24(73-28)12-69-79(65,66)75-19-6-27(51-3-2-25(40)47-38(51)59)72-23(19)11-68-78(63,64)74-18-5-29(70-21(18)9-55)53-14-45-30-32(41)43-13-44-33(30)53/h2-3,8,13-15,17-24,26-29,55-56H,4-7,9-12H2,1H3,(H,61,62)(H,63,64)(H,65,66)(H2,40,47,59)(H2,41,43,44)(H,50,57,60)(H3,42,48,49,58)/t17-,18-,19-,20-,21+,22+,23+,24+,26+,27+,28+,29+/m0/s1. The summed E-state index contributed by atoms with van der Waals surface area (Å²) in [7, 11) is -15.8. The highest BCUT2D eigenvalue weighted by Crippen LogP contribution is 2.53. The van der Waals surface area contributed by atoms with Crippen LogP contribution in [0.15, 0.2) is 56.6 Å². The first kappa shape index (κ1) is 56.2. The number of imidazole rings is 2. The van der Waals surface area contributed by atoms with Gasteiger partial charge in [-0.15, -0.1) is 0 Å². The van der Waals surface area contributed by atoms with E-state index >= 15 is 0 Å². The SMILES string of the molecule is Cc1cn([C@H]2C[C@H](OP(=O)(O)OC[C@H]3O[C@@H](n4cnc5c(=O)[nH]c(N)nc54)C[C@@H]3O)[C@@H](COP(=O)(O)O[C@H]3C[C@H](n4ccc(N)nc4=O)O[C@@H]3COP(=O)(O)O[C@H]3C[C@H](n4cnc5c(N)ncnc54)O[C@@H]3CO)O2)c(=O)[nH]c1=O. The number of nitrogens with zero attached hydrogens (tertiary/aromatic N) is 10. The fraction of sp³-hybridized carbons (Fsp3) is 0.538. The summed E-state index contributed by atoms with van der Waals surface area (Å²) in [5.41, 5.74) is 14.6. The molecule has 4 aliphatic rings. The average Bonchev–Trinajstić information content (AvgIpc) is 4.47. The van der Waals surface area contributed by atoms with Gasteiger partial charge in [0.25, 0.3) is 11.1 Å². The minimum atomic E-state index is -5.38. The Morgan fingerprint density at radius 3 is 1.77 bits per heavy atom. The van der Waals surface area contributed by atoms with Crippen molar-refractivity contribution in [2.75, 3.05) is 43.6 Å². The van der Waals surface area contributed by atoms with Gasteiger partial charge in [0.05, 0.1) is 45.2 Å². The van der Waals surface area contributed by atoms with Crippen LogP contribution in [0.1, 0.15) is 56.2 Å². The molecule has 15 atom stereocenters. The Kier molecular flexibility index (Phi) is 15.7. The Morgan fingerprint density at radius 2 is 1.16 bits per heavy atom. The van der Waals surface area contributed by atoms with Crippen LogP contribution in [0.2, 0.25) is 0 Å². The summed E-state index contributed by atoms with van der Waals surface area (Å²) in [6.07, 6.45) is -11.0. The molecule has 0 spiro atoms. The van der Waals surface area contributed by atoms with Crippen molar-refractivity contribution in [1.82, 2.24) is 58.1 Å². The van der Waals surface area contributed by atoms with Crippen molar-refractivity contribution in [3.63, 3.8) is 0 Å². The van der Waals surface area contributed by atoms with Crippen molar-refractivity contribution in [1.29, 1.82) is 0 Å². The Hall–Kier alpha value is -6.05. The van der Waals surface area contributed by atoms with Crippen LogP contribution in [0.3, 0.4) is 0 Å². The molecule has 3 unspecified atom stereocenters. The van der Waals surface area contributed by atoms with E-state index in [1.165, 1.54) is 47.3 Å². The number of aryl methyl sites for hydroxylation is 1. The summed E-state index contributed by atoms with van der Waals surface area (Å²) < 4.78 is 102. The number of aromatic nitrogens is 12. The number of aromatic amines is 2. The molecular weight excluding hydrogens is 1120 g/mol. The van der Waals surface area contributed by atoms with Crippen molar-refractivity contribution in [2.24, 2.45) is 0 Å². The quantitative estimate of drug-likeness (QED) is 0.0364. The number of nitrogen functional groups attached to an aromatic ring is 3. The van der Waals surface area contributed by atoms with E-state index in [1.54, 1.807) is 0 Å². The Morgan fingerprint density at radius 1 is 0.646 bits per heavy atom. The molecule has 0 saturated carbocycles. The molecule has 79 heavy (non-hydrogen) atoms. The fourth-order valence-electron chi connectivity index (χ4n) is 9.23. The van der Waals surface area contributed by atoms with Gasteiger partial charge in [0.2, 0.25) is 5.95 Å². The van der Waals surface area contributed by atoms with Crippen LogP contribution in [-0.4, -0.2) is 158 Å². The van der Waals surface area contributed by atoms with Gasteiger partial charge >= 0.3 is 34.8 Å². The van der Waals surface area contributed by atoms with E-state index in [0.29, 0.717) is 0 Å². The second-order valence-corrected chi connectivity index (χ2v) is 22.5. The third-order valence-corrected chi connectivity index (χ3v) is 16.1. The molecule has 0 aliphatic carbocycles. The van der Waals surface area contributed by atoms with Gasteiger partial charge in [-0.25, -0.2) is 43.2 Å². The number of hydrogen-bond donors (Lipinski definition) is 10. The highest BCUT2D eigenvalue weighted by Gasteiger charge is 2.48. The Balaban J connectivity index is 0.815. The number of nitrogens with two attached hydrogens (primary N) is 3. The van der Waals surface area contributed by atoms with Crippen LogP contribution in [0.5, 0.6) is 0 Å². The van der Waals surface area contributed by atoms with Gasteiger partial charge in [-0.05, 0) is 13.0 Å². The van der Waals surface area contributed by atoms with Crippen LogP contribution in [0.25, 0.3) is 22.3 Å². The molecule has 40 heteroatoms. The molecule has 6 aromatic heterocycles. The number of fused-ring (bicyclic) bond motifs is 2. The molecule has 13 N–H and O–H groups in total. The molecule has 0 bridgehead atoms. The van der Waals surface area contributed by atoms with E-state index in [0.717, 1.165) is 15.3 Å². The maximum absolute atomic E-state index is 13.9. The molecule has 10 rings (SSSR count). The third kappa shape index (κ3) is 12.2. The molecule has 4 saturated heterocycles. The zero-order chi connectivity index (χ0) is 56.3. The van der Waals surface area contributed by atoms with Gasteiger partial charge in [-0.1, -0.05) is 0 Å².